The van der Waals surface area contributed by atoms with Crippen LogP contribution in [0.1, 0.15) is 12.1 Å². The van der Waals surface area contributed by atoms with Crippen LogP contribution in [0.3, 0.4) is 0 Å². The second kappa shape index (κ2) is 5.42. The Labute approximate surface area is 103 Å². The third-order valence-corrected chi connectivity index (χ3v) is 3.25. The average molecular weight is 235 g/mol. The highest BCUT2D eigenvalue weighted by molar-refractivity contribution is 5.38. The lowest BCUT2D eigenvalue weighted by Gasteiger charge is -2.21. The van der Waals surface area contributed by atoms with E-state index in [0.717, 1.165) is 31.1 Å². The van der Waals surface area contributed by atoms with Gasteiger partial charge in [-0.1, -0.05) is 0 Å². The molecule has 1 aromatic rings. The summed E-state index contributed by atoms with van der Waals surface area (Å²) in [7, 11) is 6.20. The molecule has 17 heavy (non-hydrogen) atoms. The van der Waals surface area contributed by atoms with Crippen LogP contribution < -0.4 is 10.2 Å². The number of hydrogen-bond donors (Lipinski definition) is 1. The fraction of sp³-hybridized carbons (Fsp3) is 0.667. The largest absolute Gasteiger partial charge is 0.354 e. The Morgan fingerprint density at radius 1 is 1.47 bits per heavy atom. The van der Waals surface area contributed by atoms with Gasteiger partial charge in [-0.25, -0.2) is 4.98 Å². The molecule has 0 spiro atoms. The monoisotopic (exact) mass is 235 g/mol. The van der Waals surface area contributed by atoms with Crippen LogP contribution in [0.4, 0.5) is 5.82 Å². The van der Waals surface area contributed by atoms with Crippen molar-refractivity contribution < 1.29 is 0 Å². The van der Waals surface area contributed by atoms with Gasteiger partial charge in [0.2, 0.25) is 0 Å². The Hall–Kier alpha value is -1.20. The van der Waals surface area contributed by atoms with E-state index in [1.807, 2.05) is 19.4 Å². The molecular formula is C12H21N5. The predicted molar refractivity (Wildman–Crippen MR) is 69.1 cm³/mol. The molecule has 1 saturated heterocycles. The van der Waals surface area contributed by atoms with Crippen molar-refractivity contribution in [2.75, 3.05) is 39.1 Å². The van der Waals surface area contributed by atoms with Crippen molar-refractivity contribution in [2.45, 2.75) is 19.0 Å². The van der Waals surface area contributed by atoms with Crippen LogP contribution in [0.15, 0.2) is 12.4 Å². The van der Waals surface area contributed by atoms with Gasteiger partial charge in [0.1, 0.15) is 5.82 Å². The molecule has 1 aliphatic heterocycles. The van der Waals surface area contributed by atoms with Gasteiger partial charge >= 0.3 is 0 Å². The normalized spacial score (nSPS) is 20.2. The highest BCUT2D eigenvalue weighted by Gasteiger charge is 2.24. The zero-order valence-corrected chi connectivity index (χ0v) is 10.8. The minimum atomic E-state index is 0.629. The van der Waals surface area contributed by atoms with Crippen molar-refractivity contribution in [1.29, 1.82) is 0 Å². The van der Waals surface area contributed by atoms with E-state index in [9.17, 15) is 0 Å². The summed E-state index contributed by atoms with van der Waals surface area (Å²) in [6.07, 6.45) is 4.88. The van der Waals surface area contributed by atoms with Crippen molar-refractivity contribution in [3.63, 3.8) is 0 Å². The molecule has 5 heteroatoms. The Bertz CT molecular complexity index is 366. The summed E-state index contributed by atoms with van der Waals surface area (Å²) in [5.41, 5.74) is 0.998. The number of aromatic nitrogens is 2. The second-order valence-corrected chi connectivity index (χ2v) is 4.75. The van der Waals surface area contributed by atoms with Crippen LogP contribution >= 0.6 is 0 Å². The molecule has 0 bridgehead atoms. The van der Waals surface area contributed by atoms with Gasteiger partial charge in [-0.3, -0.25) is 4.98 Å². The summed E-state index contributed by atoms with van der Waals surface area (Å²) >= 11 is 0. The maximum Gasteiger partial charge on any atom is 0.147 e. The van der Waals surface area contributed by atoms with Crippen molar-refractivity contribution in [1.82, 2.24) is 20.2 Å². The van der Waals surface area contributed by atoms with E-state index in [-0.39, 0.29) is 0 Å². The maximum atomic E-state index is 4.62. The fourth-order valence-corrected chi connectivity index (χ4v) is 2.18. The molecule has 1 N–H and O–H groups in total. The number of likely N-dealkylation sites (N-methyl/N-ethyl adjacent to an activating group) is 1. The molecule has 1 aromatic heterocycles. The van der Waals surface area contributed by atoms with Gasteiger partial charge in [0.25, 0.3) is 0 Å². The van der Waals surface area contributed by atoms with Gasteiger partial charge in [0, 0.05) is 31.9 Å². The van der Waals surface area contributed by atoms with Crippen LogP contribution in [0, 0.1) is 0 Å². The van der Waals surface area contributed by atoms with Gasteiger partial charge in [-0.2, -0.15) is 0 Å². The van der Waals surface area contributed by atoms with Crippen LogP contribution in [0.5, 0.6) is 0 Å². The standard InChI is InChI=1S/C12H21N5/c1-13-6-10-7-14-8-12(15-10)17-5-4-11(9-17)16(2)3/h7-8,11,13H,4-6,9H2,1-3H3. The minimum Gasteiger partial charge on any atom is -0.354 e. The minimum absolute atomic E-state index is 0.629. The zero-order chi connectivity index (χ0) is 12.3. The third-order valence-electron chi connectivity index (χ3n) is 3.25. The van der Waals surface area contributed by atoms with E-state index in [4.69, 9.17) is 0 Å². The average Bonchev–Trinajstić information content (AvgIpc) is 2.79. The molecular weight excluding hydrogens is 214 g/mol. The predicted octanol–water partition coefficient (Wildman–Crippen LogP) is 0.336. The number of rotatable bonds is 4. The highest BCUT2D eigenvalue weighted by atomic mass is 15.3. The molecule has 1 atom stereocenters. The summed E-state index contributed by atoms with van der Waals surface area (Å²) in [5.74, 6) is 1.00. The summed E-state index contributed by atoms with van der Waals surface area (Å²) < 4.78 is 0. The van der Waals surface area contributed by atoms with Crippen molar-refractivity contribution in [3.8, 4) is 0 Å². The van der Waals surface area contributed by atoms with E-state index in [1.165, 1.54) is 6.42 Å². The molecule has 0 aromatic carbocycles. The molecule has 0 radical (unpaired) electrons. The van der Waals surface area contributed by atoms with Gasteiger partial charge in [0.05, 0.1) is 11.9 Å². The smallest absolute Gasteiger partial charge is 0.147 e. The summed E-state index contributed by atoms with van der Waals surface area (Å²) in [6.45, 7) is 2.89. The summed E-state index contributed by atoms with van der Waals surface area (Å²) in [4.78, 5) is 13.5. The number of nitrogens with zero attached hydrogens (tertiary/aromatic N) is 4. The van der Waals surface area contributed by atoms with Crippen molar-refractivity contribution in [3.05, 3.63) is 18.1 Å². The molecule has 2 heterocycles. The lowest BCUT2D eigenvalue weighted by molar-refractivity contribution is 0.315. The number of hydrogen-bond acceptors (Lipinski definition) is 5. The van der Waals surface area contributed by atoms with Gasteiger partial charge in [-0.05, 0) is 27.6 Å². The molecule has 2 rings (SSSR count). The summed E-state index contributed by atoms with van der Waals surface area (Å²) in [5, 5.41) is 3.10. The first-order chi connectivity index (χ1) is 8.20. The van der Waals surface area contributed by atoms with Crippen LogP contribution in [0.2, 0.25) is 0 Å². The Kier molecular flexibility index (Phi) is 3.91. The molecule has 1 fully saturated rings. The van der Waals surface area contributed by atoms with E-state index in [0.29, 0.717) is 6.04 Å². The van der Waals surface area contributed by atoms with E-state index in [1.54, 1.807) is 0 Å². The maximum absolute atomic E-state index is 4.62. The second-order valence-electron chi connectivity index (χ2n) is 4.75. The number of anilines is 1. The number of nitrogens with one attached hydrogen (secondary N) is 1. The summed E-state index contributed by atoms with van der Waals surface area (Å²) in [6, 6.07) is 0.629. The molecule has 94 valence electrons. The molecule has 1 unspecified atom stereocenters. The van der Waals surface area contributed by atoms with Crippen molar-refractivity contribution >= 4 is 5.82 Å². The first kappa shape index (κ1) is 12.3. The van der Waals surface area contributed by atoms with E-state index in [2.05, 4.69) is 39.2 Å². The van der Waals surface area contributed by atoms with Gasteiger partial charge in [0.15, 0.2) is 0 Å². The molecule has 5 nitrogen and oxygen atoms in total. The topological polar surface area (TPSA) is 44.3 Å². The lowest BCUT2D eigenvalue weighted by atomic mass is 10.2. The fourth-order valence-electron chi connectivity index (χ4n) is 2.18. The van der Waals surface area contributed by atoms with Gasteiger partial charge in [-0.15, -0.1) is 0 Å². The molecule has 1 aliphatic rings. The molecule has 0 aliphatic carbocycles. The van der Waals surface area contributed by atoms with E-state index >= 15 is 0 Å². The zero-order valence-electron chi connectivity index (χ0n) is 10.8. The molecule has 0 amide bonds. The SMILES string of the molecule is CNCc1cncc(N2CCC(N(C)C)C2)n1. The quantitative estimate of drug-likeness (QED) is 0.815. The first-order valence-corrected chi connectivity index (χ1v) is 6.07. The Balaban J connectivity index is 2.05. The van der Waals surface area contributed by atoms with Crippen LogP contribution in [-0.2, 0) is 6.54 Å². The Morgan fingerprint density at radius 2 is 2.29 bits per heavy atom. The van der Waals surface area contributed by atoms with Crippen LogP contribution in [-0.4, -0.2) is 55.1 Å². The van der Waals surface area contributed by atoms with Gasteiger partial charge < -0.3 is 15.1 Å². The lowest BCUT2D eigenvalue weighted by Crippen LogP contribution is -2.31. The first-order valence-electron chi connectivity index (χ1n) is 6.07. The molecule has 0 saturated carbocycles. The van der Waals surface area contributed by atoms with Crippen molar-refractivity contribution in [2.24, 2.45) is 0 Å². The highest BCUT2D eigenvalue weighted by Crippen LogP contribution is 2.19. The van der Waals surface area contributed by atoms with Crippen LogP contribution in [0.25, 0.3) is 0 Å². The third kappa shape index (κ3) is 2.92. The Morgan fingerprint density at radius 3 is 2.94 bits per heavy atom. The van der Waals surface area contributed by atoms with E-state index < -0.39 is 0 Å².